The summed E-state index contributed by atoms with van der Waals surface area (Å²) in [4.78, 5) is 41.1. The average Bonchev–Trinajstić information content (AvgIpc) is 3.11. The highest BCUT2D eigenvalue weighted by molar-refractivity contribution is 5.81. The number of aliphatic hydroxyl groups is 5. The summed E-state index contributed by atoms with van der Waals surface area (Å²) in [5.74, 6) is -1.85. The number of carbonyl (C=O) groups excluding carboxylic acids is 3. The second-order valence-corrected chi connectivity index (χ2v) is 15.3. The molecule has 2 amide bonds. The maximum absolute atomic E-state index is 13.8. The van der Waals surface area contributed by atoms with E-state index in [1.807, 2.05) is 6.92 Å². The Labute approximate surface area is 305 Å². The van der Waals surface area contributed by atoms with Gasteiger partial charge in [-0.1, -0.05) is 45.4 Å². The van der Waals surface area contributed by atoms with Crippen LogP contribution in [0, 0.1) is 17.8 Å². The van der Waals surface area contributed by atoms with Crippen molar-refractivity contribution in [2.45, 2.75) is 165 Å². The van der Waals surface area contributed by atoms with E-state index in [2.05, 4.69) is 5.32 Å². The van der Waals surface area contributed by atoms with Crippen molar-refractivity contribution in [3.8, 4) is 0 Å². The molecule has 6 unspecified atom stereocenters. The molecule has 2 aliphatic carbocycles. The van der Waals surface area contributed by atoms with Crippen LogP contribution in [0.3, 0.4) is 0 Å². The van der Waals surface area contributed by atoms with Crippen LogP contribution in [0.1, 0.15) is 85.0 Å². The van der Waals surface area contributed by atoms with Crippen LogP contribution in [-0.4, -0.2) is 155 Å². The van der Waals surface area contributed by atoms with E-state index in [1.54, 1.807) is 4.90 Å². The molecule has 16 heteroatoms. The van der Waals surface area contributed by atoms with Crippen LogP contribution in [0.2, 0.25) is 0 Å². The van der Waals surface area contributed by atoms with Gasteiger partial charge < -0.3 is 64.2 Å². The number of hydrogen-bond acceptors (Lipinski definition) is 14. The van der Waals surface area contributed by atoms with E-state index >= 15 is 0 Å². The Balaban J connectivity index is 1.45. The molecule has 3 heterocycles. The van der Waals surface area contributed by atoms with Gasteiger partial charge in [-0.2, -0.15) is 0 Å². The molecule has 3 saturated heterocycles. The third kappa shape index (κ3) is 9.44. The minimum Gasteiger partial charge on any atom is -0.469 e. The van der Waals surface area contributed by atoms with Gasteiger partial charge >= 0.3 is 5.97 Å². The summed E-state index contributed by atoms with van der Waals surface area (Å²) >= 11 is 0. The van der Waals surface area contributed by atoms with Gasteiger partial charge in [-0.25, -0.2) is 0 Å². The van der Waals surface area contributed by atoms with Crippen molar-refractivity contribution in [2.75, 3.05) is 26.8 Å². The second kappa shape index (κ2) is 18.6. The van der Waals surface area contributed by atoms with E-state index in [9.17, 15) is 39.9 Å². The number of esters is 1. The third-order valence-corrected chi connectivity index (χ3v) is 11.7. The number of rotatable bonds is 13. The number of methoxy groups -OCH3 is 1. The van der Waals surface area contributed by atoms with Crippen molar-refractivity contribution in [3.05, 3.63) is 0 Å². The van der Waals surface area contributed by atoms with Crippen LogP contribution in [0.25, 0.3) is 0 Å². The maximum Gasteiger partial charge on any atom is 0.308 e. The summed E-state index contributed by atoms with van der Waals surface area (Å²) < 4.78 is 36.5. The number of aliphatic hydroxyl groups excluding tert-OH is 5. The van der Waals surface area contributed by atoms with Crippen LogP contribution >= 0.6 is 0 Å². The highest BCUT2D eigenvalue weighted by atomic mass is 16.7. The molecule has 6 N–H and O–H groups in total. The first kappa shape index (κ1) is 41.2. The molecule has 0 aromatic heterocycles. The Morgan fingerprint density at radius 2 is 1.60 bits per heavy atom. The minimum atomic E-state index is -1.60. The number of likely N-dealkylation sites (tertiary alicyclic amines) is 1. The predicted octanol–water partition coefficient (Wildman–Crippen LogP) is -0.267. The molecule has 2 saturated carbocycles. The van der Waals surface area contributed by atoms with Crippen molar-refractivity contribution < 1.29 is 68.3 Å². The summed E-state index contributed by atoms with van der Waals surface area (Å²) in [6.07, 6.45) is -7.30. The van der Waals surface area contributed by atoms with Crippen LogP contribution in [0.5, 0.6) is 0 Å². The van der Waals surface area contributed by atoms with Gasteiger partial charge in [0.2, 0.25) is 5.91 Å². The van der Waals surface area contributed by atoms with Gasteiger partial charge in [0.15, 0.2) is 12.6 Å². The SMILES string of the molecule is CC[C@@H]1CC(C(=O)OC)C[C@@H](O[C@@H]2OC(CO)[C@H](O)C(O[C@@H](CC3CCCCC3)C(=O)N3CCC3)C2NC(C)=O)[C@H]1O[C@@H]1OC(C)[C@@H](O)C(O)[C@@H]1O. The monoisotopic (exact) mass is 744 g/mol. The summed E-state index contributed by atoms with van der Waals surface area (Å²) in [5.41, 5.74) is 0. The Morgan fingerprint density at radius 3 is 2.19 bits per heavy atom. The molecule has 0 spiro atoms. The van der Waals surface area contributed by atoms with Crippen molar-refractivity contribution >= 4 is 17.8 Å². The minimum absolute atomic E-state index is 0.0691. The van der Waals surface area contributed by atoms with E-state index < -0.39 is 104 Å². The lowest BCUT2D eigenvalue weighted by atomic mass is 9.76. The van der Waals surface area contributed by atoms with Crippen molar-refractivity contribution in [1.29, 1.82) is 0 Å². The molecule has 298 valence electrons. The molecule has 16 nitrogen and oxygen atoms in total. The van der Waals surface area contributed by atoms with Crippen LogP contribution in [0.4, 0.5) is 0 Å². The molecule has 0 bridgehead atoms. The predicted molar refractivity (Wildman–Crippen MR) is 181 cm³/mol. The zero-order chi connectivity index (χ0) is 37.7. The molecule has 5 fully saturated rings. The summed E-state index contributed by atoms with van der Waals surface area (Å²) in [7, 11) is 1.29. The van der Waals surface area contributed by atoms with E-state index in [1.165, 1.54) is 21.0 Å². The first-order valence-corrected chi connectivity index (χ1v) is 19.1. The maximum atomic E-state index is 13.8. The Morgan fingerprint density at radius 1 is 0.885 bits per heavy atom. The third-order valence-electron chi connectivity index (χ3n) is 11.7. The van der Waals surface area contributed by atoms with Crippen LogP contribution in [-0.2, 0) is 42.8 Å². The van der Waals surface area contributed by atoms with E-state index in [0.29, 0.717) is 32.4 Å². The number of hydrogen-bond donors (Lipinski definition) is 6. The second-order valence-electron chi connectivity index (χ2n) is 15.3. The molecule has 52 heavy (non-hydrogen) atoms. The quantitative estimate of drug-likeness (QED) is 0.134. The molecule has 5 rings (SSSR count). The fraction of sp³-hybridized carbons (Fsp3) is 0.917. The standard InChI is InChI=1S/C36H60N2O14/c1-5-21-15-22(34(46)47-4)16-23(31(21)52-36-30(44)29(43)27(41)18(2)48-36)50-35-26(37-19(3)40)32(28(42)25(17-39)51-35)49-24(33(45)38-12-9-13-38)14-20-10-7-6-8-11-20/h18,20-32,35-36,39,41-44H,5-17H2,1-4H3,(H,37,40)/t18?,21-,22?,23-,24+,25?,26?,27-,28+,29?,30+,31+,32?,35-,36+/m1/s1. The summed E-state index contributed by atoms with van der Waals surface area (Å²) in [5, 5.41) is 56.3. The Hall–Kier alpha value is -1.99. The fourth-order valence-corrected chi connectivity index (χ4v) is 8.46. The van der Waals surface area contributed by atoms with Crippen LogP contribution < -0.4 is 5.32 Å². The normalized spacial score (nSPS) is 40.8. The highest BCUT2D eigenvalue weighted by Gasteiger charge is 2.53. The van der Waals surface area contributed by atoms with Gasteiger partial charge in [-0.05, 0) is 44.4 Å². The van der Waals surface area contributed by atoms with Crippen molar-refractivity contribution in [1.82, 2.24) is 10.2 Å². The van der Waals surface area contributed by atoms with Crippen LogP contribution in [0.15, 0.2) is 0 Å². The van der Waals surface area contributed by atoms with Gasteiger partial charge in [0.25, 0.3) is 5.91 Å². The number of nitrogens with one attached hydrogen (secondary N) is 1. The number of amides is 2. The smallest absolute Gasteiger partial charge is 0.308 e. The molecule has 5 aliphatic rings. The molecule has 3 aliphatic heterocycles. The lowest BCUT2D eigenvalue weighted by Crippen LogP contribution is -2.67. The molecule has 15 atom stereocenters. The average molecular weight is 745 g/mol. The van der Waals surface area contributed by atoms with Crippen molar-refractivity contribution in [2.24, 2.45) is 17.8 Å². The summed E-state index contributed by atoms with van der Waals surface area (Å²) in [6.45, 7) is 5.32. The molecular formula is C36H60N2O14. The number of carbonyl (C=O) groups is 3. The lowest BCUT2D eigenvalue weighted by molar-refractivity contribution is -0.338. The molecular weight excluding hydrogens is 684 g/mol. The zero-order valence-electron chi connectivity index (χ0n) is 30.8. The molecule has 0 aromatic carbocycles. The zero-order valence-corrected chi connectivity index (χ0v) is 30.8. The van der Waals surface area contributed by atoms with E-state index in [4.69, 9.17) is 28.4 Å². The van der Waals surface area contributed by atoms with Crippen molar-refractivity contribution in [3.63, 3.8) is 0 Å². The topological polar surface area (TPSA) is 223 Å². The van der Waals surface area contributed by atoms with E-state index in [0.717, 1.165) is 38.5 Å². The van der Waals surface area contributed by atoms with Gasteiger partial charge in [0.1, 0.15) is 48.8 Å². The lowest BCUT2D eigenvalue weighted by Gasteiger charge is -2.49. The van der Waals surface area contributed by atoms with Gasteiger partial charge in [0.05, 0.1) is 37.9 Å². The molecule has 0 radical (unpaired) electrons. The largest absolute Gasteiger partial charge is 0.469 e. The van der Waals surface area contributed by atoms with Gasteiger partial charge in [-0.15, -0.1) is 0 Å². The molecule has 0 aromatic rings. The summed E-state index contributed by atoms with van der Waals surface area (Å²) in [6, 6.07) is -1.17. The van der Waals surface area contributed by atoms with E-state index in [-0.39, 0.29) is 24.2 Å². The fourth-order valence-electron chi connectivity index (χ4n) is 8.46. The first-order chi connectivity index (χ1) is 24.9. The van der Waals surface area contributed by atoms with Gasteiger partial charge in [-0.3, -0.25) is 14.4 Å². The van der Waals surface area contributed by atoms with Gasteiger partial charge in [0, 0.05) is 20.0 Å². The Kier molecular flexibility index (Phi) is 14.7. The first-order valence-electron chi connectivity index (χ1n) is 19.1. The number of ether oxygens (including phenoxy) is 6. The highest BCUT2D eigenvalue weighted by Crippen LogP contribution is 2.40. The number of nitrogens with zero attached hydrogens (tertiary/aromatic N) is 1. The Bertz CT molecular complexity index is 1190.